The van der Waals surface area contributed by atoms with Crippen molar-refractivity contribution >= 4 is 16.9 Å². The smallest absolute Gasteiger partial charge is 0.253 e. The van der Waals surface area contributed by atoms with E-state index in [2.05, 4.69) is 25.4 Å². The number of carbonyl (C=O) groups excluding carboxylic acids is 1. The van der Waals surface area contributed by atoms with E-state index in [0.717, 1.165) is 42.8 Å². The fourth-order valence-electron chi connectivity index (χ4n) is 3.01. The maximum Gasteiger partial charge on any atom is 0.253 e. The maximum atomic E-state index is 12.6. The van der Waals surface area contributed by atoms with Gasteiger partial charge in [-0.2, -0.15) is 15.4 Å². The number of aromatic amines is 2. The van der Waals surface area contributed by atoms with E-state index in [1.54, 1.807) is 12.3 Å². The van der Waals surface area contributed by atoms with Crippen LogP contribution in [0.5, 0.6) is 0 Å². The Morgan fingerprint density at radius 3 is 2.77 bits per heavy atom. The summed E-state index contributed by atoms with van der Waals surface area (Å²) in [5.74, 6) is 1.50. The number of nitrogens with one attached hydrogen (secondary N) is 2. The number of hydrogen-bond donors (Lipinski definition) is 2. The van der Waals surface area contributed by atoms with Gasteiger partial charge in [-0.05, 0) is 31.0 Å². The van der Waals surface area contributed by atoms with Crippen molar-refractivity contribution in [1.29, 1.82) is 0 Å². The summed E-state index contributed by atoms with van der Waals surface area (Å²) in [7, 11) is 0. The predicted molar refractivity (Wildman–Crippen MR) is 80.4 cm³/mol. The molecule has 7 nitrogen and oxygen atoms in total. The van der Waals surface area contributed by atoms with Crippen LogP contribution in [0.3, 0.4) is 0 Å². The third-order valence-corrected chi connectivity index (χ3v) is 4.25. The summed E-state index contributed by atoms with van der Waals surface area (Å²) >= 11 is 0. The Hall–Kier alpha value is -2.70. The molecule has 0 aliphatic carbocycles. The second-order valence-electron chi connectivity index (χ2n) is 5.57. The Kier molecular flexibility index (Phi) is 3.10. The van der Waals surface area contributed by atoms with Gasteiger partial charge in [-0.15, -0.1) is 0 Å². The van der Waals surface area contributed by atoms with Crippen molar-refractivity contribution in [2.24, 2.45) is 0 Å². The van der Waals surface area contributed by atoms with Crippen molar-refractivity contribution in [3.63, 3.8) is 0 Å². The molecular weight excluding hydrogens is 280 g/mol. The van der Waals surface area contributed by atoms with Crippen molar-refractivity contribution in [3.05, 3.63) is 42.0 Å². The van der Waals surface area contributed by atoms with Crippen LogP contribution in [0.4, 0.5) is 0 Å². The minimum absolute atomic E-state index is 0.0581. The Labute approximate surface area is 126 Å². The summed E-state index contributed by atoms with van der Waals surface area (Å²) in [5.41, 5.74) is 2.15. The molecule has 1 fully saturated rings. The highest BCUT2D eigenvalue weighted by molar-refractivity contribution is 5.97. The monoisotopic (exact) mass is 296 g/mol. The lowest BCUT2D eigenvalue weighted by Crippen LogP contribution is -2.38. The van der Waals surface area contributed by atoms with Gasteiger partial charge in [0.2, 0.25) is 0 Å². The largest absolute Gasteiger partial charge is 0.348 e. The maximum absolute atomic E-state index is 12.6. The lowest BCUT2D eigenvalue weighted by atomic mass is 9.95. The molecule has 2 N–H and O–H groups in total. The number of likely N-dealkylation sites (tertiary alicyclic amines) is 1. The Balaban J connectivity index is 1.47. The van der Waals surface area contributed by atoms with Crippen LogP contribution in [0.25, 0.3) is 11.0 Å². The number of fused-ring (bicyclic) bond motifs is 1. The molecule has 2 aromatic heterocycles. The van der Waals surface area contributed by atoms with Gasteiger partial charge in [0.1, 0.15) is 16.9 Å². The van der Waals surface area contributed by atoms with Gasteiger partial charge in [0.25, 0.3) is 5.91 Å². The molecule has 0 atom stereocenters. The van der Waals surface area contributed by atoms with Crippen molar-refractivity contribution in [1.82, 2.24) is 30.3 Å². The fraction of sp³-hybridized carbons (Fsp3) is 0.333. The number of imidazole rings is 1. The number of hydrogen-bond acceptors (Lipinski definition) is 4. The average Bonchev–Trinajstić information content (AvgIpc) is 3.25. The number of amides is 1. The highest BCUT2D eigenvalue weighted by Crippen LogP contribution is 2.26. The number of aromatic nitrogens is 5. The van der Waals surface area contributed by atoms with Gasteiger partial charge in [-0.25, -0.2) is 4.98 Å². The van der Waals surface area contributed by atoms with Crippen LogP contribution in [-0.4, -0.2) is 49.3 Å². The van der Waals surface area contributed by atoms with Crippen LogP contribution in [0.1, 0.15) is 34.9 Å². The van der Waals surface area contributed by atoms with E-state index in [1.165, 1.54) is 0 Å². The highest BCUT2D eigenvalue weighted by Gasteiger charge is 2.25. The summed E-state index contributed by atoms with van der Waals surface area (Å²) < 4.78 is 0. The van der Waals surface area contributed by atoms with Crippen LogP contribution in [0.2, 0.25) is 0 Å². The third kappa shape index (κ3) is 2.24. The third-order valence-electron chi connectivity index (χ3n) is 4.25. The molecule has 1 aliphatic rings. The minimum Gasteiger partial charge on any atom is -0.348 e. The normalized spacial score (nSPS) is 16.3. The summed E-state index contributed by atoms with van der Waals surface area (Å²) in [5, 5.41) is 10.6. The average molecular weight is 296 g/mol. The van der Waals surface area contributed by atoms with Gasteiger partial charge < -0.3 is 9.88 Å². The van der Waals surface area contributed by atoms with Crippen LogP contribution < -0.4 is 0 Å². The molecule has 0 saturated carbocycles. The summed E-state index contributed by atoms with van der Waals surface area (Å²) in [6.45, 7) is 1.50. The van der Waals surface area contributed by atoms with E-state index in [9.17, 15) is 4.79 Å². The number of H-pyrrole nitrogens is 2. The van der Waals surface area contributed by atoms with Crippen LogP contribution in [0.15, 0.2) is 30.6 Å². The molecular formula is C15H16N6O. The summed E-state index contributed by atoms with van der Waals surface area (Å²) in [6, 6.07) is 5.42. The Morgan fingerprint density at radius 1 is 1.18 bits per heavy atom. The molecule has 1 aliphatic heterocycles. The molecule has 1 amide bonds. The van der Waals surface area contributed by atoms with Gasteiger partial charge in [0.05, 0.1) is 0 Å². The molecule has 112 valence electrons. The Morgan fingerprint density at radius 2 is 2.00 bits per heavy atom. The summed E-state index contributed by atoms with van der Waals surface area (Å²) in [6.07, 6.45) is 5.50. The molecule has 0 unspecified atom stereocenters. The minimum atomic E-state index is 0.0581. The number of rotatable bonds is 2. The van der Waals surface area contributed by atoms with E-state index in [0.29, 0.717) is 11.5 Å². The van der Waals surface area contributed by atoms with Crippen molar-refractivity contribution < 1.29 is 4.79 Å². The van der Waals surface area contributed by atoms with Crippen LogP contribution >= 0.6 is 0 Å². The zero-order valence-electron chi connectivity index (χ0n) is 12.0. The first-order chi connectivity index (χ1) is 10.8. The zero-order chi connectivity index (χ0) is 14.9. The van der Waals surface area contributed by atoms with Gasteiger partial charge >= 0.3 is 0 Å². The number of benzene rings is 1. The molecule has 0 radical (unpaired) electrons. The van der Waals surface area contributed by atoms with Gasteiger partial charge in [-0.1, -0.05) is 0 Å². The lowest BCUT2D eigenvalue weighted by Gasteiger charge is -2.31. The van der Waals surface area contributed by atoms with Crippen LogP contribution in [-0.2, 0) is 0 Å². The van der Waals surface area contributed by atoms with Gasteiger partial charge in [0.15, 0.2) is 0 Å². The molecule has 0 bridgehead atoms. The predicted octanol–water partition coefficient (Wildman–Crippen LogP) is 1.70. The van der Waals surface area contributed by atoms with E-state index in [-0.39, 0.29) is 5.91 Å². The van der Waals surface area contributed by atoms with E-state index < -0.39 is 0 Å². The molecule has 3 heterocycles. The van der Waals surface area contributed by atoms with Crippen molar-refractivity contribution in [3.8, 4) is 0 Å². The molecule has 0 spiro atoms. The van der Waals surface area contributed by atoms with E-state index in [1.807, 2.05) is 23.2 Å². The molecule has 7 heteroatoms. The van der Waals surface area contributed by atoms with E-state index in [4.69, 9.17) is 0 Å². The number of nitrogens with zero attached hydrogens (tertiary/aromatic N) is 4. The molecule has 1 saturated heterocycles. The molecule has 22 heavy (non-hydrogen) atoms. The number of piperidine rings is 1. The first kappa shape index (κ1) is 13.0. The first-order valence-electron chi connectivity index (χ1n) is 7.40. The highest BCUT2D eigenvalue weighted by atomic mass is 16.2. The molecule has 1 aromatic carbocycles. The zero-order valence-corrected chi connectivity index (χ0v) is 12.0. The topological polar surface area (TPSA) is 90.6 Å². The van der Waals surface area contributed by atoms with Crippen LogP contribution in [0, 0.1) is 0 Å². The van der Waals surface area contributed by atoms with Gasteiger partial charge in [0, 0.05) is 37.0 Å². The standard InChI is InChI=1S/C15H16N6O/c22-15(11-1-2-12-13(9-11)19-20-18-12)21-7-3-10(4-8-21)14-16-5-6-17-14/h1-2,5-6,9-10H,3-4,7-8H2,(H,16,17)(H,18,19,20). The second kappa shape index (κ2) is 5.25. The lowest BCUT2D eigenvalue weighted by molar-refractivity contribution is 0.0711. The molecule has 4 rings (SSSR count). The summed E-state index contributed by atoms with van der Waals surface area (Å²) in [4.78, 5) is 22.0. The fourth-order valence-corrected chi connectivity index (χ4v) is 3.01. The second-order valence-corrected chi connectivity index (χ2v) is 5.57. The Bertz CT molecular complexity index is 785. The quantitative estimate of drug-likeness (QED) is 0.753. The van der Waals surface area contributed by atoms with Crippen molar-refractivity contribution in [2.75, 3.05) is 13.1 Å². The van der Waals surface area contributed by atoms with E-state index >= 15 is 0 Å². The van der Waals surface area contributed by atoms with Gasteiger partial charge in [-0.3, -0.25) is 4.79 Å². The number of carbonyl (C=O) groups is 1. The SMILES string of the molecule is O=C(c1ccc2n[nH]nc2c1)N1CCC(c2ncc[nH]2)CC1. The van der Waals surface area contributed by atoms with Crippen molar-refractivity contribution in [2.45, 2.75) is 18.8 Å². The first-order valence-corrected chi connectivity index (χ1v) is 7.40. The molecule has 3 aromatic rings.